The van der Waals surface area contributed by atoms with Gasteiger partial charge in [-0.15, -0.1) is 0 Å². The summed E-state index contributed by atoms with van der Waals surface area (Å²) in [6, 6.07) is 0. The Morgan fingerprint density at radius 3 is 2.29 bits per heavy atom. The first-order valence-corrected chi connectivity index (χ1v) is 5.28. The Morgan fingerprint density at radius 2 is 2.00 bits per heavy atom. The van der Waals surface area contributed by atoms with Crippen molar-refractivity contribution < 1.29 is 9.90 Å². The maximum Gasteiger partial charge on any atom is 0.159 e. The lowest BCUT2D eigenvalue weighted by molar-refractivity contribution is -0.133. The van der Waals surface area contributed by atoms with E-state index in [-0.39, 0.29) is 12.0 Å². The Kier molecular flexibility index (Phi) is 3.15. The van der Waals surface area contributed by atoms with Crippen molar-refractivity contribution in [2.24, 2.45) is 17.3 Å². The average Bonchev–Trinajstić information content (AvgIpc) is 2.02. The maximum absolute atomic E-state index is 11.4. The molecule has 3 aliphatic rings. The number of hydrogen-bond acceptors (Lipinski definition) is 2. The quantitative estimate of drug-likeness (QED) is 0.644. The molecule has 1 fully saturated rings. The highest BCUT2D eigenvalue weighted by molar-refractivity contribution is 5.95. The summed E-state index contributed by atoms with van der Waals surface area (Å²) in [5.41, 5.74) is 1.55. The summed E-state index contributed by atoms with van der Waals surface area (Å²) in [6.45, 7) is 8.43. The number of hydrogen-bond donors (Lipinski definition) is 1. The molecule has 1 N–H and O–H groups in total. The summed E-state index contributed by atoms with van der Waals surface area (Å²) < 4.78 is 0. The summed E-state index contributed by atoms with van der Waals surface area (Å²) >= 11 is 0. The van der Waals surface area contributed by atoms with Crippen LogP contribution in [0.4, 0.5) is 0 Å². The molecule has 80 valence electrons. The highest BCUT2D eigenvalue weighted by Crippen LogP contribution is 2.57. The molecule has 2 heteroatoms. The molecule has 0 aromatic rings. The second kappa shape index (κ2) is 3.85. The van der Waals surface area contributed by atoms with Crippen molar-refractivity contribution in [2.75, 3.05) is 6.61 Å². The minimum absolute atomic E-state index is 0.250. The van der Waals surface area contributed by atoms with Gasteiger partial charge in [0.25, 0.3) is 0 Å². The topological polar surface area (TPSA) is 37.3 Å². The molecule has 3 aliphatic carbocycles. The van der Waals surface area contributed by atoms with Crippen LogP contribution in [0.3, 0.4) is 0 Å². The van der Waals surface area contributed by atoms with Gasteiger partial charge in [-0.25, -0.2) is 0 Å². The standard InChI is InChI=1S/C10H14O.C2H6O/c1-6-4-9(11)8-5-7(6)10(8,2)3;1-2-3/h4,7-8H,5H2,1-3H3;3H,2H2,1H3. The Balaban J connectivity index is 0.000000293. The largest absolute Gasteiger partial charge is 0.397 e. The van der Waals surface area contributed by atoms with E-state index in [4.69, 9.17) is 5.11 Å². The summed E-state index contributed by atoms with van der Waals surface area (Å²) in [6.07, 6.45) is 2.94. The number of fused-ring (bicyclic) bond motifs is 1. The normalized spacial score (nSPS) is 32.4. The van der Waals surface area contributed by atoms with E-state index in [1.54, 1.807) is 6.92 Å². The van der Waals surface area contributed by atoms with E-state index in [9.17, 15) is 4.79 Å². The molecule has 0 radical (unpaired) electrons. The maximum atomic E-state index is 11.4. The van der Waals surface area contributed by atoms with Crippen LogP contribution in [0.5, 0.6) is 0 Å². The molecule has 1 saturated carbocycles. The number of allylic oxidation sites excluding steroid dienone is 2. The van der Waals surface area contributed by atoms with E-state index in [0.29, 0.717) is 17.6 Å². The van der Waals surface area contributed by atoms with Gasteiger partial charge in [-0.05, 0) is 37.7 Å². The van der Waals surface area contributed by atoms with Crippen LogP contribution in [-0.2, 0) is 4.79 Å². The highest BCUT2D eigenvalue weighted by atomic mass is 16.2. The third kappa shape index (κ3) is 1.63. The molecule has 14 heavy (non-hydrogen) atoms. The third-order valence-corrected chi connectivity index (χ3v) is 3.53. The second-order valence-corrected chi connectivity index (χ2v) is 4.77. The van der Waals surface area contributed by atoms with Gasteiger partial charge in [0.05, 0.1) is 0 Å². The first-order chi connectivity index (χ1) is 6.45. The molecular formula is C12H20O2. The molecular weight excluding hydrogens is 176 g/mol. The van der Waals surface area contributed by atoms with E-state index >= 15 is 0 Å². The van der Waals surface area contributed by atoms with Gasteiger partial charge in [0, 0.05) is 12.5 Å². The molecule has 0 amide bonds. The van der Waals surface area contributed by atoms with E-state index < -0.39 is 0 Å². The van der Waals surface area contributed by atoms with Crippen LogP contribution in [0.1, 0.15) is 34.1 Å². The summed E-state index contributed by atoms with van der Waals surface area (Å²) in [7, 11) is 0. The molecule has 0 spiro atoms. The minimum Gasteiger partial charge on any atom is -0.397 e. The number of aliphatic hydroxyl groups is 1. The molecule has 2 nitrogen and oxygen atoms in total. The molecule has 0 saturated heterocycles. The lowest BCUT2D eigenvalue weighted by atomic mass is 9.49. The molecule has 2 atom stereocenters. The molecule has 0 aromatic heterocycles. The molecule has 0 heterocycles. The summed E-state index contributed by atoms with van der Waals surface area (Å²) in [5, 5.41) is 7.57. The average molecular weight is 196 g/mol. The van der Waals surface area contributed by atoms with Gasteiger partial charge in [0.1, 0.15) is 0 Å². The van der Waals surface area contributed by atoms with Crippen molar-refractivity contribution in [1.82, 2.24) is 0 Å². The zero-order chi connectivity index (χ0) is 10.9. The van der Waals surface area contributed by atoms with Crippen molar-refractivity contribution in [3.05, 3.63) is 11.6 Å². The third-order valence-electron chi connectivity index (χ3n) is 3.53. The van der Waals surface area contributed by atoms with Crippen molar-refractivity contribution in [3.8, 4) is 0 Å². The van der Waals surface area contributed by atoms with Crippen LogP contribution in [0.15, 0.2) is 11.6 Å². The fourth-order valence-corrected chi connectivity index (χ4v) is 2.61. The van der Waals surface area contributed by atoms with Gasteiger partial charge < -0.3 is 5.11 Å². The first-order valence-electron chi connectivity index (χ1n) is 5.28. The van der Waals surface area contributed by atoms with Gasteiger partial charge in [0.2, 0.25) is 0 Å². The Labute approximate surface area is 86.0 Å². The number of rotatable bonds is 0. The lowest BCUT2D eigenvalue weighted by Crippen LogP contribution is -2.51. The fourth-order valence-electron chi connectivity index (χ4n) is 2.61. The Morgan fingerprint density at radius 1 is 1.50 bits per heavy atom. The molecule has 3 rings (SSSR count). The first kappa shape index (κ1) is 11.4. The number of ketones is 1. The second-order valence-electron chi connectivity index (χ2n) is 4.77. The minimum atomic E-state index is 0.250. The zero-order valence-corrected chi connectivity index (χ0v) is 9.50. The highest BCUT2D eigenvalue weighted by Gasteiger charge is 2.54. The van der Waals surface area contributed by atoms with Gasteiger partial charge in [-0.1, -0.05) is 19.4 Å². The number of carbonyl (C=O) groups excluding carboxylic acids is 1. The Hall–Kier alpha value is -0.630. The van der Waals surface area contributed by atoms with Crippen LogP contribution in [0.25, 0.3) is 0 Å². The predicted octanol–water partition coefficient (Wildman–Crippen LogP) is 2.18. The van der Waals surface area contributed by atoms with E-state index in [0.717, 1.165) is 6.42 Å². The van der Waals surface area contributed by atoms with Crippen molar-refractivity contribution in [3.63, 3.8) is 0 Å². The fraction of sp³-hybridized carbons (Fsp3) is 0.750. The molecule has 2 unspecified atom stereocenters. The summed E-state index contributed by atoms with van der Waals surface area (Å²) in [5.74, 6) is 1.37. The van der Waals surface area contributed by atoms with Crippen molar-refractivity contribution in [2.45, 2.75) is 34.1 Å². The van der Waals surface area contributed by atoms with E-state index in [1.165, 1.54) is 5.57 Å². The van der Waals surface area contributed by atoms with Crippen molar-refractivity contribution in [1.29, 1.82) is 0 Å². The SMILES string of the molecule is CC1=CC(=O)C2CC1C2(C)C.CCO. The van der Waals surface area contributed by atoms with Crippen LogP contribution in [0.2, 0.25) is 0 Å². The van der Waals surface area contributed by atoms with Gasteiger partial charge in [0.15, 0.2) is 5.78 Å². The predicted molar refractivity (Wildman–Crippen MR) is 56.9 cm³/mol. The van der Waals surface area contributed by atoms with Gasteiger partial charge >= 0.3 is 0 Å². The summed E-state index contributed by atoms with van der Waals surface area (Å²) in [4.78, 5) is 11.4. The zero-order valence-electron chi connectivity index (χ0n) is 9.50. The molecule has 0 aromatic carbocycles. The molecule has 0 aliphatic heterocycles. The van der Waals surface area contributed by atoms with Crippen molar-refractivity contribution >= 4 is 5.78 Å². The van der Waals surface area contributed by atoms with Crippen LogP contribution >= 0.6 is 0 Å². The Bertz CT molecular complexity index is 263. The number of aliphatic hydroxyl groups excluding tert-OH is 1. The van der Waals surface area contributed by atoms with Crippen LogP contribution in [0, 0.1) is 17.3 Å². The van der Waals surface area contributed by atoms with Crippen LogP contribution in [-0.4, -0.2) is 17.5 Å². The number of carbonyl (C=O) groups is 1. The van der Waals surface area contributed by atoms with E-state index in [1.807, 2.05) is 6.08 Å². The van der Waals surface area contributed by atoms with E-state index in [2.05, 4.69) is 20.8 Å². The lowest BCUT2D eigenvalue weighted by Gasteiger charge is -2.54. The molecule has 2 bridgehead atoms. The van der Waals surface area contributed by atoms with Crippen LogP contribution < -0.4 is 0 Å². The van der Waals surface area contributed by atoms with Gasteiger partial charge in [-0.2, -0.15) is 0 Å². The smallest absolute Gasteiger partial charge is 0.159 e. The monoisotopic (exact) mass is 196 g/mol. The van der Waals surface area contributed by atoms with Gasteiger partial charge in [-0.3, -0.25) is 4.79 Å².